The molecule has 1 aromatic heterocycles. The molecule has 36 heavy (non-hydrogen) atoms. The number of carbonyl (C=O) groups is 2. The highest BCUT2D eigenvalue weighted by Crippen LogP contribution is 2.24. The highest BCUT2D eigenvalue weighted by atomic mass is 16.6. The third-order valence-corrected chi connectivity index (χ3v) is 5.71. The van der Waals surface area contributed by atoms with E-state index in [9.17, 15) is 19.7 Å². The van der Waals surface area contributed by atoms with E-state index in [0.29, 0.717) is 11.4 Å². The summed E-state index contributed by atoms with van der Waals surface area (Å²) >= 11 is 0. The van der Waals surface area contributed by atoms with E-state index in [4.69, 9.17) is 9.47 Å². The van der Waals surface area contributed by atoms with E-state index in [1.807, 2.05) is 24.3 Å². The number of aromatic nitrogens is 2. The van der Waals surface area contributed by atoms with E-state index < -0.39 is 16.8 Å². The molecule has 0 radical (unpaired) electrons. The molecule has 11 heteroatoms. The molecule has 2 aromatic carbocycles. The van der Waals surface area contributed by atoms with Gasteiger partial charge < -0.3 is 19.7 Å². The van der Waals surface area contributed by atoms with E-state index in [1.54, 1.807) is 6.92 Å². The number of piperidine rings is 1. The van der Waals surface area contributed by atoms with Gasteiger partial charge in [-0.05, 0) is 62.6 Å². The van der Waals surface area contributed by atoms with Crippen molar-refractivity contribution in [1.29, 1.82) is 0 Å². The maximum absolute atomic E-state index is 12.5. The Morgan fingerprint density at radius 2 is 1.69 bits per heavy atom. The van der Waals surface area contributed by atoms with E-state index in [0.717, 1.165) is 18.8 Å². The monoisotopic (exact) mass is 493 g/mol. The van der Waals surface area contributed by atoms with Crippen LogP contribution in [0.3, 0.4) is 0 Å². The van der Waals surface area contributed by atoms with Crippen LogP contribution in [0, 0.1) is 10.1 Å². The molecule has 0 atom stereocenters. The molecule has 0 spiro atoms. The van der Waals surface area contributed by atoms with Gasteiger partial charge in [0, 0.05) is 36.6 Å². The van der Waals surface area contributed by atoms with Gasteiger partial charge in [0.05, 0.1) is 23.4 Å². The van der Waals surface area contributed by atoms with Crippen LogP contribution in [-0.2, 0) is 9.53 Å². The third kappa shape index (κ3) is 5.98. The van der Waals surface area contributed by atoms with Gasteiger partial charge in [0.15, 0.2) is 12.4 Å². The maximum atomic E-state index is 12.5. The number of nitrogens with zero attached hydrogens (tertiary/aromatic N) is 4. The van der Waals surface area contributed by atoms with E-state index >= 15 is 0 Å². The summed E-state index contributed by atoms with van der Waals surface area (Å²) in [6.45, 7) is 3.52. The first-order valence-electron chi connectivity index (χ1n) is 11.7. The molecule has 0 unspecified atom stereocenters. The summed E-state index contributed by atoms with van der Waals surface area (Å²) < 4.78 is 12.0. The molecule has 4 rings (SSSR count). The Hall–Kier alpha value is -4.41. The van der Waals surface area contributed by atoms with Crippen molar-refractivity contribution in [2.45, 2.75) is 26.2 Å². The predicted octanol–water partition coefficient (Wildman–Crippen LogP) is 3.97. The summed E-state index contributed by atoms with van der Waals surface area (Å²) in [6.07, 6.45) is 5.05. The first-order chi connectivity index (χ1) is 17.4. The van der Waals surface area contributed by atoms with Crippen LogP contribution in [0.1, 0.15) is 36.7 Å². The van der Waals surface area contributed by atoms with Gasteiger partial charge in [-0.15, -0.1) is 0 Å². The second-order valence-electron chi connectivity index (χ2n) is 8.21. The summed E-state index contributed by atoms with van der Waals surface area (Å²) in [7, 11) is 0. The van der Waals surface area contributed by atoms with Gasteiger partial charge in [-0.1, -0.05) is 0 Å². The fourth-order valence-electron chi connectivity index (χ4n) is 3.91. The lowest BCUT2D eigenvalue weighted by molar-refractivity contribution is -0.384. The quantitative estimate of drug-likeness (QED) is 0.269. The number of esters is 1. The average molecular weight is 494 g/mol. The Bertz CT molecular complexity index is 1220. The molecule has 11 nitrogen and oxygen atoms in total. The normalized spacial score (nSPS) is 13.2. The standard InChI is InChI=1S/C25H27N5O6/c1-2-35-25(32)24-22(16-29(27-24)20-10-12-21(13-11-20)30(33)34)36-17-23(31)26-18-6-8-19(9-7-18)28-14-4-3-5-15-28/h6-13,16H,2-5,14-15,17H2,1H3,(H,26,31). The number of nitrogens with one attached hydrogen (secondary N) is 1. The fourth-order valence-corrected chi connectivity index (χ4v) is 3.91. The minimum absolute atomic E-state index is 0.0578. The zero-order valence-corrected chi connectivity index (χ0v) is 19.9. The van der Waals surface area contributed by atoms with E-state index in [-0.39, 0.29) is 30.3 Å². The minimum atomic E-state index is -0.707. The predicted molar refractivity (Wildman–Crippen MR) is 133 cm³/mol. The number of ether oxygens (including phenoxy) is 2. The largest absolute Gasteiger partial charge is 0.480 e. The van der Waals surface area contributed by atoms with Crippen LogP contribution in [0.15, 0.2) is 54.7 Å². The molecular formula is C25H27N5O6. The zero-order valence-electron chi connectivity index (χ0n) is 19.9. The van der Waals surface area contributed by atoms with Crippen molar-refractivity contribution in [2.24, 2.45) is 0 Å². The number of nitro benzene ring substituents is 1. The van der Waals surface area contributed by atoms with Crippen molar-refractivity contribution < 1.29 is 24.0 Å². The van der Waals surface area contributed by atoms with Crippen LogP contribution in [-0.4, -0.2) is 52.9 Å². The lowest BCUT2D eigenvalue weighted by atomic mass is 10.1. The van der Waals surface area contributed by atoms with Crippen molar-refractivity contribution in [3.05, 3.63) is 70.5 Å². The van der Waals surface area contributed by atoms with Gasteiger partial charge in [-0.25, -0.2) is 9.48 Å². The third-order valence-electron chi connectivity index (χ3n) is 5.71. The molecule has 1 fully saturated rings. The topological polar surface area (TPSA) is 129 Å². The summed E-state index contributed by atoms with van der Waals surface area (Å²) in [4.78, 5) is 37.6. The lowest BCUT2D eigenvalue weighted by Gasteiger charge is -2.28. The molecule has 188 valence electrons. The van der Waals surface area contributed by atoms with Crippen molar-refractivity contribution in [3.8, 4) is 11.4 Å². The molecule has 3 aromatic rings. The smallest absolute Gasteiger partial charge is 0.362 e. The molecular weight excluding hydrogens is 466 g/mol. The Balaban J connectivity index is 1.42. The highest BCUT2D eigenvalue weighted by molar-refractivity contribution is 5.93. The number of anilines is 2. The number of rotatable bonds is 9. The zero-order chi connectivity index (χ0) is 25.5. The molecule has 0 saturated carbocycles. The summed E-state index contributed by atoms with van der Waals surface area (Å²) in [5.74, 6) is -1.05. The van der Waals surface area contributed by atoms with Gasteiger partial charge in [-0.2, -0.15) is 5.10 Å². The van der Waals surface area contributed by atoms with Gasteiger partial charge >= 0.3 is 5.97 Å². The number of non-ortho nitro benzene ring substituents is 1. The van der Waals surface area contributed by atoms with Gasteiger partial charge in [0.2, 0.25) is 5.69 Å². The molecule has 2 heterocycles. The van der Waals surface area contributed by atoms with Crippen molar-refractivity contribution in [1.82, 2.24) is 9.78 Å². The Kier molecular flexibility index (Phi) is 7.79. The molecule has 1 aliphatic rings. The van der Waals surface area contributed by atoms with Crippen molar-refractivity contribution >= 4 is 28.9 Å². The van der Waals surface area contributed by atoms with Crippen LogP contribution < -0.4 is 15.0 Å². The first-order valence-corrected chi connectivity index (χ1v) is 11.7. The van der Waals surface area contributed by atoms with Gasteiger partial charge in [-0.3, -0.25) is 14.9 Å². The number of hydrogen-bond acceptors (Lipinski definition) is 8. The second-order valence-corrected chi connectivity index (χ2v) is 8.21. The molecule has 1 aliphatic heterocycles. The number of hydrogen-bond donors (Lipinski definition) is 1. The van der Waals surface area contributed by atoms with Crippen LogP contribution in [0.5, 0.6) is 5.75 Å². The van der Waals surface area contributed by atoms with Gasteiger partial charge in [0.1, 0.15) is 0 Å². The number of amides is 1. The molecule has 0 aliphatic carbocycles. The molecule has 1 saturated heterocycles. The first kappa shape index (κ1) is 24.7. The Morgan fingerprint density at radius 3 is 2.33 bits per heavy atom. The molecule has 1 N–H and O–H groups in total. The average Bonchev–Trinajstić information content (AvgIpc) is 3.33. The van der Waals surface area contributed by atoms with Crippen molar-refractivity contribution in [3.63, 3.8) is 0 Å². The summed E-state index contributed by atoms with van der Waals surface area (Å²) in [6, 6.07) is 13.3. The van der Waals surface area contributed by atoms with Crippen molar-refractivity contribution in [2.75, 3.05) is 36.5 Å². The number of benzene rings is 2. The van der Waals surface area contributed by atoms with E-state index in [1.165, 1.54) is 54.4 Å². The van der Waals surface area contributed by atoms with E-state index in [2.05, 4.69) is 15.3 Å². The Morgan fingerprint density at radius 1 is 1.03 bits per heavy atom. The number of carbonyl (C=O) groups excluding carboxylic acids is 2. The Labute approximate surface area is 207 Å². The molecule has 0 bridgehead atoms. The summed E-state index contributed by atoms with van der Waals surface area (Å²) in [5.41, 5.74) is 2.06. The molecule has 1 amide bonds. The lowest BCUT2D eigenvalue weighted by Crippen LogP contribution is -2.29. The van der Waals surface area contributed by atoms with Crippen LogP contribution in [0.25, 0.3) is 5.69 Å². The second kappa shape index (κ2) is 11.3. The fraction of sp³-hybridized carbons (Fsp3) is 0.320. The van der Waals surface area contributed by atoms with Gasteiger partial charge in [0.25, 0.3) is 11.6 Å². The summed E-state index contributed by atoms with van der Waals surface area (Å²) in [5, 5.41) is 17.9. The minimum Gasteiger partial charge on any atom is -0.480 e. The van der Waals surface area contributed by atoms with Crippen LogP contribution in [0.4, 0.5) is 17.1 Å². The maximum Gasteiger partial charge on any atom is 0.362 e. The van der Waals surface area contributed by atoms with Crippen LogP contribution >= 0.6 is 0 Å². The highest BCUT2D eigenvalue weighted by Gasteiger charge is 2.21. The SMILES string of the molecule is CCOC(=O)c1nn(-c2ccc([N+](=O)[O-])cc2)cc1OCC(=O)Nc1ccc(N2CCCCC2)cc1. The van der Waals surface area contributed by atoms with Crippen LogP contribution in [0.2, 0.25) is 0 Å². The number of nitro groups is 1.